The van der Waals surface area contributed by atoms with E-state index in [-0.39, 0.29) is 19.1 Å². The van der Waals surface area contributed by atoms with Gasteiger partial charge in [-0.2, -0.15) is 0 Å². The first kappa shape index (κ1) is 20.4. The van der Waals surface area contributed by atoms with E-state index in [0.717, 1.165) is 5.56 Å². The fourth-order valence-corrected chi connectivity index (χ4v) is 2.65. The Morgan fingerprint density at radius 1 is 1.19 bits per heavy atom. The molecule has 5 nitrogen and oxygen atoms in total. The molecule has 1 atom stereocenters. The van der Waals surface area contributed by atoms with Crippen LogP contribution in [0.2, 0.25) is 0 Å². The van der Waals surface area contributed by atoms with Crippen molar-refractivity contribution in [2.45, 2.75) is 33.4 Å². The van der Waals surface area contributed by atoms with Gasteiger partial charge in [-0.25, -0.2) is 4.39 Å². The minimum Gasteiger partial charge on any atom is -0.484 e. The first-order valence-electron chi connectivity index (χ1n) is 8.92. The topological polar surface area (TPSA) is 58.6 Å². The third-order valence-corrected chi connectivity index (χ3v) is 4.17. The largest absolute Gasteiger partial charge is 0.484 e. The summed E-state index contributed by atoms with van der Waals surface area (Å²) in [5.74, 6) is -0.533. The van der Waals surface area contributed by atoms with E-state index in [4.69, 9.17) is 4.74 Å². The molecule has 0 bridgehead atoms. The highest BCUT2D eigenvalue weighted by Crippen LogP contribution is 2.15. The number of ether oxygens (including phenoxy) is 1. The predicted molar refractivity (Wildman–Crippen MR) is 102 cm³/mol. The Bertz CT molecular complexity index is 795. The number of aryl methyl sites for hydroxylation is 1. The van der Waals surface area contributed by atoms with E-state index in [1.807, 2.05) is 25.1 Å². The van der Waals surface area contributed by atoms with Crippen LogP contribution in [0.15, 0.2) is 48.5 Å². The zero-order chi connectivity index (χ0) is 19.8. The maximum atomic E-state index is 14.1. The highest BCUT2D eigenvalue weighted by molar-refractivity contribution is 5.87. The Balaban J connectivity index is 2.15. The summed E-state index contributed by atoms with van der Waals surface area (Å²) in [5, 5.41) is 2.69. The van der Waals surface area contributed by atoms with Crippen LogP contribution in [0.25, 0.3) is 0 Å². The van der Waals surface area contributed by atoms with Gasteiger partial charge in [-0.3, -0.25) is 9.59 Å². The number of rotatable bonds is 8. The molecule has 2 rings (SSSR count). The molecule has 2 aromatic rings. The van der Waals surface area contributed by atoms with Gasteiger partial charge in [0.25, 0.3) is 5.91 Å². The summed E-state index contributed by atoms with van der Waals surface area (Å²) in [5.41, 5.74) is 1.36. The molecule has 0 aliphatic heterocycles. The van der Waals surface area contributed by atoms with Gasteiger partial charge in [0.15, 0.2) is 6.61 Å². The van der Waals surface area contributed by atoms with Crippen LogP contribution in [0, 0.1) is 12.7 Å². The van der Waals surface area contributed by atoms with Crippen LogP contribution in [0.3, 0.4) is 0 Å². The predicted octanol–water partition coefficient (Wildman–Crippen LogP) is 3.07. The first-order valence-corrected chi connectivity index (χ1v) is 8.92. The Labute approximate surface area is 159 Å². The molecule has 0 saturated carbocycles. The molecular formula is C21H25FN2O3. The van der Waals surface area contributed by atoms with E-state index in [2.05, 4.69) is 5.32 Å². The number of hydrogen-bond donors (Lipinski definition) is 1. The van der Waals surface area contributed by atoms with Crippen LogP contribution in [0.1, 0.15) is 25.0 Å². The van der Waals surface area contributed by atoms with Gasteiger partial charge in [0, 0.05) is 18.7 Å². The van der Waals surface area contributed by atoms with Crippen molar-refractivity contribution in [3.8, 4) is 5.75 Å². The quantitative estimate of drug-likeness (QED) is 0.775. The third kappa shape index (κ3) is 5.81. The van der Waals surface area contributed by atoms with E-state index in [9.17, 15) is 14.0 Å². The van der Waals surface area contributed by atoms with Crippen LogP contribution in [-0.4, -0.2) is 35.9 Å². The lowest BCUT2D eigenvalue weighted by molar-refractivity contribution is -0.142. The molecule has 0 radical (unpaired) electrons. The van der Waals surface area contributed by atoms with Crippen molar-refractivity contribution in [3.05, 3.63) is 65.5 Å². The number of carbonyl (C=O) groups excluding carboxylic acids is 2. The number of amides is 2. The molecule has 144 valence electrons. The highest BCUT2D eigenvalue weighted by Gasteiger charge is 2.26. The summed E-state index contributed by atoms with van der Waals surface area (Å²) in [6, 6.07) is 12.8. The fraction of sp³-hybridized carbons (Fsp3) is 0.333. The summed E-state index contributed by atoms with van der Waals surface area (Å²) < 4.78 is 19.6. The molecule has 0 unspecified atom stereocenters. The molecule has 0 heterocycles. The SMILES string of the molecule is CCNC(=O)[C@@H](C)N(Cc1ccccc1F)C(=O)COc1cccc(C)c1. The minimum atomic E-state index is -0.752. The van der Waals surface area contributed by atoms with Crippen molar-refractivity contribution in [2.24, 2.45) is 0 Å². The van der Waals surface area contributed by atoms with E-state index in [0.29, 0.717) is 17.9 Å². The number of hydrogen-bond acceptors (Lipinski definition) is 3. The third-order valence-electron chi connectivity index (χ3n) is 4.17. The van der Waals surface area contributed by atoms with Gasteiger partial charge in [0.2, 0.25) is 5.91 Å². The van der Waals surface area contributed by atoms with Gasteiger partial charge in [-0.05, 0) is 44.5 Å². The van der Waals surface area contributed by atoms with Crippen LogP contribution in [-0.2, 0) is 16.1 Å². The zero-order valence-corrected chi connectivity index (χ0v) is 15.9. The van der Waals surface area contributed by atoms with Crippen molar-refractivity contribution < 1.29 is 18.7 Å². The maximum Gasteiger partial charge on any atom is 0.261 e. The van der Waals surface area contributed by atoms with Gasteiger partial charge >= 0.3 is 0 Å². The smallest absolute Gasteiger partial charge is 0.261 e. The molecule has 0 aromatic heterocycles. The Kier molecular flexibility index (Phi) is 7.34. The number of nitrogens with one attached hydrogen (secondary N) is 1. The number of carbonyl (C=O) groups is 2. The molecule has 0 saturated heterocycles. The average molecular weight is 372 g/mol. The van der Waals surface area contributed by atoms with Gasteiger partial charge in [-0.15, -0.1) is 0 Å². The molecule has 27 heavy (non-hydrogen) atoms. The van der Waals surface area contributed by atoms with E-state index >= 15 is 0 Å². The molecule has 2 amide bonds. The van der Waals surface area contributed by atoms with Crippen molar-refractivity contribution in [3.63, 3.8) is 0 Å². The van der Waals surface area contributed by atoms with Crippen LogP contribution in [0.4, 0.5) is 4.39 Å². The summed E-state index contributed by atoms with van der Waals surface area (Å²) in [6.07, 6.45) is 0. The Morgan fingerprint density at radius 3 is 2.59 bits per heavy atom. The standard InChI is InChI=1S/C21H25FN2O3/c1-4-23-21(26)16(3)24(13-17-9-5-6-11-19(17)22)20(25)14-27-18-10-7-8-15(2)12-18/h5-12,16H,4,13-14H2,1-3H3,(H,23,26)/t16-/m1/s1. The van der Waals surface area contributed by atoms with Gasteiger partial charge in [0.1, 0.15) is 17.6 Å². The maximum absolute atomic E-state index is 14.1. The summed E-state index contributed by atoms with van der Waals surface area (Å²) in [6.45, 7) is 5.55. The van der Waals surface area contributed by atoms with Gasteiger partial charge < -0.3 is 15.0 Å². The summed E-state index contributed by atoms with van der Waals surface area (Å²) in [4.78, 5) is 26.3. The van der Waals surface area contributed by atoms with Crippen LogP contribution < -0.4 is 10.1 Å². The van der Waals surface area contributed by atoms with E-state index < -0.39 is 17.8 Å². The van der Waals surface area contributed by atoms with Crippen LogP contribution >= 0.6 is 0 Å². The second-order valence-electron chi connectivity index (χ2n) is 6.29. The summed E-state index contributed by atoms with van der Waals surface area (Å²) >= 11 is 0. The molecule has 0 aliphatic rings. The van der Waals surface area contributed by atoms with E-state index in [1.54, 1.807) is 38.1 Å². The van der Waals surface area contributed by atoms with Gasteiger partial charge in [-0.1, -0.05) is 30.3 Å². The lowest BCUT2D eigenvalue weighted by Crippen LogP contribution is -2.49. The van der Waals surface area contributed by atoms with Crippen LogP contribution in [0.5, 0.6) is 5.75 Å². The molecule has 1 N–H and O–H groups in total. The number of benzene rings is 2. The average Bonchev–Trinajstić information content (AvgIpc) is 2.65. The second-order valence-corrected chi connectivity index (χ2v) is 6.29. The van der Waals surface area contributed by atoms with Crippen molar-refractivity contribution >= 4 is 11.8 Å². The number of halogens is 1. The van der Waals surface area contributed by atoms with Crippen molar-refractivity contribution in [1.29, 1.82) is 0 Å². The van der Waals surface area contributed by atoms with Gasteiger partial charge in [0.05, 0.1) is 0 Å². The zero-order valence-electron chi connectivity index (χ0n) is 15.9. The monoisotopic (exact) mass is 372 g/mol. The minimum absolute atomic E-state index is 0.0129. The highest BCUT2D eigenvalue weighted by atomic mass is 19.1. The lowest BCUT2D eigenvalue weighted by Gasteiger charge is -2.28. The molecule has 0 spiro atoms. The Hall–Kier alpha value is -2.89. The normalized spacial score (nSPS) is 11.6. The first-order chi connectivity index (χ1) is 12.9. The fourth-order valence-electron chi connectivity index (χ4n) is 2.65. The molecule has 2 aromatic carbocycles. The molecule has 6 heteroatoms. The van der Waals surface area contributed by atoms with E-state index in [1.165, 1.54) is 11.0 Å². The van der Waals surface area contributed by atoms with Crippen molar-refractivity contribution in [2.75, 3.05) is 13.2 Å². The van der Waals surface area contributed by atoms with Crippen molar-refractivity contribution in [1.82, 2.24) is 10.2 Å². The molecule has 0 aliphatic carbocycles. The molecular weight excluding hydrogens is 347 g/mol. The Morgan fingerprint density at radius 2 is 1.93 bits per heavy atom. The number of nitrogens with zero attached hydrogens (tertiary/aromatic N) is 1. The second kappa shape index (κ2) is 9.71. The lowest BCUT2D eigenvalue weighted by atomic mass is 10.1. The summed E-state index contributed by atoms with van der Waals surface area (Å²) in [7, 11) is 0. The number of likely N-dealkylation sites (N-methyl/N-ethyl adjacent to an activating group) is 1. The molecule has 0 fully saturated rings.